The Hall–Kier alpha value is -2.62. The number of thiophene rings is 1. The fourth-order valence-electron chi connectivity index (χ4n) is 3.60. The van der Waals surface area contributed by atoms with Gasteiger partial charge in [-0.3, -0.25) is 14.0 Å². The van der Waals surface area contributed by atoms with E-state index in [0.717, 1.165) is 34.1 Å². The van der Waals surface area contributed by atoms with Crippen molar-refractivity contribution in [2.45, 2.75) is 0 Å². The minimum atomic E-state index is -0.243. The first-order chi connectivity index (χ1) is 14.6. The molecule has 0 atom stereocenters. The molecule has 0 saturated carbocycles. The van der Waals surface area contributed by atoms with E-state index in [2.05, 4.69) is 15.2 Å². The van der Waals surface area contributed by atoms with Crippen molar-refractivity contribution in [3.63, 3.8) is 0 Å². The van der Waals surface area contributed by atoms with Crippen LogP contribution in [0, 0.1) is 0 Å². The van der Waals surface area contributed by atoms with Crippen molar-refractivity contribution in [3.8, 4) is 0 Å². The molecule has 0 bridgehead atoms. The third-order valence-corrected chi connectivity index (χ3v) is 7.18. The largest absolute Gasteiger partial charge is 0.368 e. The van der Waals surface area contributed by atoms with Crippen LogP contribution in [0.5, 0.6) is 0 Å². The first-order valence-electron chi connectivity index (χ1n) is 9.50. The highest BCUT2D eigenvalue weighted by Gasteiger charge is 2.22. The fourth-order valence-corrected chi connectivity index (χ4v) is 5.50. The van der Waals surface area contributed by atoms with Crippen LogP contribution in [-0.2, 0) is 4.79 Å². The smallest absolute Gasteiger partial charge is 0.261 e. The average Bonchev–Trinajstić information content (AvgIpc) is 3.44. The number of carbonyl (C=O) groups excluding carboxylic acids is 2. The molecule has 154 valence electrons. The lowest BCUT2D eigenvalue weighted by Gasteiger charge is -2.36. The molecule has 0 aliphatic carbocycles. The number of hydrogen-bond acceptors (Lipinski definition) is 6. The Bertz CT molecular complexity index is 1240. The summed E-state index contributed by atoms with van der Waals surface area (Å²) in [7, 11) is 0. The molecule has 30 heavy (non-hydrogen) atoms. The monoisotopic (exact) mass is 459 g/mol. The molecule has 5 rings (SSSR count). The summed E-state index contributed by atoms with van der Waals surface area (Å²) in [6.07, 6.45) is 1.94. The zero-order valence-corrected chi connectivity index (χ0v) is 18.3. The second kappa shape index (κ2) is 7.90. The van der Waals surface area contributed by atoms with E-state index in [4.69, 9.17) is 11.6 Å². The molecule has 2 amide bonds. The Morgan fingerprint density at radius 1 is 1.17 bits per heavy atom. The summed E-state index contributed by atoms with van der Waals surface area (Å²) < 4.78 is 1.97. The standard InChI is InChI=1S/C20H18ClN5O2S2/c21-13-2-1-3-14(10-13)24-4-6-25(7-5-24)17(27)12-22-18(28)16-11-15-19(30-16)23-20-26(15)8-9-29-20/h1-3,8-11H,4-7,12H2,(H,22,28). The number of nitrogens with zero attached hydrogens (tertiary/aromatic N) is 4. The fraction of sp³-hybridized carbons (Fsp3) is 0.250. The minimum Gasteiger partial charge on any atom is -0.368 e. The predicted octanol–water partition coefficient (Wildman–Crippen LogP) is 3.34. The van der Waals surface area contributed by atoms with Crippen LogP contribution < -0.4 is 10.2 Å². The topological polar surface area (TPSA) is 70.0 Å². The lowest BCUT2D eigenvalue weighted by molar-refractivity contribution is -0.130. The summed E-state index contributed by atoms with van der Waals surface area (Å²) in [6.45, 7) is 2.70. The summed E-state index contributed by atoms with van der Waals surface area (Å²) in [5.41, 5.74) is 1.98. The second-order valence-corrected chi connectivity index (χ2v) is 9.34. The number of anilines is 1. The first kappa shape index (κ1) is 19.3. The average molecular weight is 460 g/mol. The van der Waals surface area contributed by atoms with E-state index in [-0.39, 0.29) is 18.4 Å². The maximum atomic E-state index is 12.6. The number of carbonyl (C=O) groups is 2. The molecule has 0 spiro atoms. The summed E-state index contributed by atoms with van der Waals surface area (Å²) in [4.78, 5) is 35.9. The number of halogens is 1. The van der Waals surface area contributed by atoms with Crippen LogP contribution in [0.2, 0.25) is 5.02 Å². The molecule has 1 aliphatic heterocycles. The Kier molecular flexibility index (Phi) is 5.10. The molecule has 3 aromatic heterocycles. The molecule has 10 heteroatoms. The predicted molar refractivity (Wildman–Crippen MR) is 121 cm³/mol. The van der Waals surface area contributed by atoms with E-state index < -0.39 is 0 Å². The quantitative estimate of drug-likeness (QED) is 0.508. The normalized spacial score (nSPS) is 14.6. The number of amides is 2. The van der Waals surface area contributed by atoms with Crippen molar-refractivity contribution < 1.29 is 9.59 Å². The highest BCUT2D eigenvalue weighted by molar-refractivity contribution is 7.21. The number of hydrogen-bond donors (Lipinski definition) is 1. The lowest BCUT2D eigenvalue weighted by atomic mass is 10.2. The van der Waals surface area contributed by atoms with Crippen LogP contribution in [-0.4, -0.2) is 58.8 Å². The third kappa shape index (κ3) is 3.64. The van der Waals surface area contributed by atoms with Gasteiger partial charge in [0, 0.05) is 48.5 Å². The number of imidazole rings is 1. The zero-order valence-electron chi connectivity index (χ0n) is 15.9. The van der Waals surface area contributed by atoms with Gasteiger partial charge in [0.05, 0.1) is 16.9 Å². The summed E-state index contributed by atoms with van der Waals surface area (Å²) in [5.74, 6) is -0.315. The molecule has 1 fully saturated rings. The third-order valence-electron chi connectivity index (χ3n) is 5.17. The lowest BCUT2D eigenvalue weighted by Crippen LogP contribution is -2.51. The highest BCUT2D eigenvalue weighted by Crippen LogP contribution is 2.28. The Balaban J connectivity index is 1.16. The van der Waals surface area contributed by atoms with Crippen LogP contribution in [0.25, 0.3) is 15.3 Å². The van der Waals surface area contributed by atoms with Gasteiger partial charge in [-0.05, 0) is 24.3 Å². The van der Waals surface area contributed by atoms with E-state index in [0.29, 0.717) is 23.0 Å². The van der Waals surface area contributed by atoms with Crippen molar-refractivity contribution in [1.82, 2.24) is 19.6 Å². The highest BCUT2D eigenvalue weighted by atomic mass is 35.5. The van der Waals surface area contributed by atoms with Gasteiger partial charge in [0.2, 0.25) is 5.91 Å². The molecule has 4 heterocycles. The van der Waals surface area contributed by atoms with Crippen LogP contribution in [0.4, 0.5) is 5.69 Å². The Morgan fingerprint density at radius 3 is 2.80 bits per heavy atom. The van der Waals surface area contributed by atoms with E-state index in [1.165, 1.54) is 11.3 Å². The van der Waals surface area contributed by atoms with E-state index >= 15 is 0 Å². The van der Waals surface area contributed by atoms with Gasteiger partial charge in [0.1, 0.15) is 4.83 Å². The van der Waals surface area contributed by atoms with Crippen LogP contribution >= 0.6 is 34.3 Å². The van der Waals surface area contributed by atoms with Crippen molar-refractivity contribution >= 4 is 67.1 Å². The molecule has 4 aromatic rings. The Labute approximate surface area is 185 Å². The van der Waals surface area contributed by atoms with E-state index in [1.807, 2.05) is 46.3 Å². The minimum absolute atomic E-state index is 0.00739. The van der Waals surface area contributed by atoms with Gasteiger partial charge in [-0.1, -0.05) is 17.7 Å². The first-order valence-corrected chi connectivity index (χ1v) is 11.6. The van der Waals surface area contributed by atoms with Gasteiger partial charge in [0.15, 0.2) is 4.96 Å². The number of nitrogens with one attached hydrogen (secondary N) is 1. The second-order valence-electron chi connectivity index (χ2n) is 7.00. The number of piperazine rings is 1. The number of thiazole rings is 1. The van der Waals surface area contributed by atoms with Crippen LogP contribution in [0.3, 0.4) is 0 Å². The van der Waals surface area contributed by atoms with Crippen molar-refractivity contribution in [1.29, 1.82) is 0 Å². The number of fused-ring (bicyclic) bond motifs is 3. The molecule has 1 aromatic carbocycles. The number of rotatable bonds is 4. The van der Waals surface area contributed by atoms with Gasteiger partial charge in [0.25, 0.3) is 5.91 Å². The van der Waals surface area contributed by atoms with Crippen LogP contribution in [0.15, 0.2) is 41.9 Å². The van der Waals surface area contributed by atoms with Crippen molar-refractivity contribution in [2.24, 2.45) is 0 Å². The summed E-state index contributed by atoms with van der Waals surface area (Å²) in [6, 6.07) is 9.56. The molecule has 0 unspecified atom stereocenters. The number of aromatic nitrogens is 2. The molecule has 1 N–H and O–H groups in total. The number of benzene rings is 1. The SMILES string of the molecule is O=C(NCC(=O)N1CCN(c2cccc(Cl)c2)CC1)c1cc2c(nc3sccn32)s1. The van der Waals surface area contributed by atoms with Crippen molar-refractivity contribution in [2.75, 3.05) is 37.6 Å². The maximum Gasteiger partial charge on any atom is 0.261 e. The van der Waals surface area contributed by atoms with E-state index in [1.54, 1.807) is 16.2 Å². The zero-order chi connectivity index (χ0) is 20.7. The molecular formula is C20H18ClN5O2S2. The van der Waals surface area contributed by atoms with Gasteiger partial charge in [-0.15, -0.1) is 22.7 Å². The van der Waals surface area contributed by atoms with Crippen molar-refractivity contribution in [3.05, 3.63) is 51.8 Å². The molecule has 7 nitrogen and oxygen atoms in total. The summed E-state index contributed by atoms with van der Waals surface area (Å²) >= 11 is 8.97. The van der Waals surface area contributed by atoms with Crippen LogP contribution in [0.1, 0.15) is 9.67 Å². The van der Waals surface area contributed by atoms with E-state index in [9.17, 15) is 9.59 Å². The molecule has 1 aliphatic rings. The van der Waals surface area contributed by atoms with Gasteiger partial charge >= 0.3 is 0 Å². The maximum absolute atomic E-state index is 12.6. The molecule has 1 saturated heterocycles. The molecule has 0 radical (unpaired) electrons. The van der Waals surface area contributed by atoms with Gasteiger partial charge < -0.3 is 15.1 Å². The van der Waals surface area contributed by atoms with Gasteiger partial charge in [-0.2, -0.15) is 0 Å². The summed E-state index contributed by atoms with van der Waals surface area (Å²) in [5, 5.41) is 5.42. The van der Waals surface area contributed by atoms with Gasteiger partial charge in [-0.25, -0.2) is 4.98 Å². The molecular weight excluding hydrogens is 442 g/mol. The Morgan fingerprint density at radius 2 is 2.00 bits per heavy atom.